The molecule has 0 aromatic heterocycles. The third-order valence-corrected chi connectivity index (χ3v) is 4.43. The van der Waals surface area contributed by atoms with Crippen LogP contribution in [-0.4, -0.2) is 37.0 Å². The Balaban J connectivity index is 1.93. The first-order valence-electron chi connectivity index (χ1n) is 8.39. The highest BCUT2D eigenvalue weighted by Gasteiger charge is 2.25. The molecule has 4 heteroatoms. The van der Waals surface area contributed by atoms with Crippen LogP contribution in [0.15, 0.2) is 24.3 Å². The van der Waals surface area contributed by atoms with E-state index in [0.717, 1.165) is 37.8 Å². The van der Waals surface area contributed by atoms with Crippen LogP contribution in [0.5, 0.6) is 0 Å². The molecule has 1 aromatic carbocycles. The molecule has 1 saturated carbocycles. The molecule has 2 rings (SSSR count). The monoisotopic (exact) mass is 306 g/mol. The van der Waals surface area contributed by atoms with Crippen LogP contribution >= 0.6 is 0 Å². The number of carbonyl (C=O) groups is 1. The molecule has 0 bridgehead atoms. The number of amides is 1. The average molecular weight is 306 g/mol. The van der Waals surface area contributed by atoms with Crippen molar-refractivity contribution in [2.45, 2.75) is 51.0 Å². The van der Waals surface area contributed by atoms with Crippen molar-refractivity contribution in [2.24, 2.45) is 0 Å². The molecule has 1 aliphatic carbocycles. The highest BCUT2D eigenvalue weighted by atomic mass is 19.1. The fourth-order valence-corrected chi connectivity index (χ4v) is 3.23. The Morgan fingerprint density at radius 3 is 2.82 bits per heavy atom. The van der Waals surface area contributed by atoms with Crippen LogP contribution in [0.3, 0.4) is 0 Å². The van der Waals surface area contributed by atoms with Crippen LogP contribution in [0.25, 0.3) is 0 Å². The SMILES string of the molecule is CNCCCC(=O)N(CCc1cccc(F)c1)C1CCCC1. The summed E-state index contributed by atoms with van der Waals surface area (Å²) in [5.41, 5.74) is 0.964. The van der Waals surface area contributed by atoms with Gasteiger partial charge in [-0.2, -0.15) is 0 Å². The number of carbonyl (C=O) groups excluding carboxylic acids is 1. The van der Waals surface area contributed by atoms with Crippen molar-refractivity contribution >= 4 is 5.91 Å². The fourth-order valence-electron chi connectivity index (χ4n) is 3.23. The molecule has 22 heavy (non-hydrogen) atoms. The lowest BCUT2D eigenvalue weighted by Gasteiger charge is -2.29. The Morgan fingerprint density at radius 1 is 1.36 bits per heavy atom. The van der Waals surface area contributed by atoms with Gasteiger partial charge in [-0.25, -0.2) is 4.39 Å². The van der Waals surface area contributed by atoms with Gasteiger partial charge < -0.3 is 10.2 Å². The second kappa shape index (κ2) is 8.89. The number of nitrogens with zero attached hydrogens (tertiary/aromatic N) is 1. The van der Waals surface area contributed by atoms with Gasteiger partial charge in [0.1, 0.15) is 5.82 Å². The van der Waals surface area contributed by atoms with E-state index in [9.17, 15) is 9.18 Å². The van der Waals surface area contributed by atoms with Crippen molar-refractivity contribution in [1.82, 2.24) is 10.2 Å². The molecule has 0 unspecified atom stereocenters. The molecule has 1 aliphatic rings. The van der Waals surface area contributed by atoms with E-state index in [2.05, 4.69) is 5.32 Å². The standard InChI is InChI=1S/C18H27FN2O/c1-20-12-5-10-18(22)21(17-8-2-3-9-17)13-11-15-6-4-7-16(19)14-15/h4,6-7,14,17,20H,2-3,5,8-13H2,1H3. The Bertz CT molecular complexity index is 472. The third kappa shape index (κ3) is 5.09. The van der Waals surface area contributed by atoms with Crippen molar-refractivity contribution < 1.29 is 9.18 Å². The Kier molecular flexibility index (Phi) is 6.84. The van der Waals surface area contributed by atoms with Gasteiger partial charge in [0.25, 0.3) is 0 Å². The highest BCUT2D eigenvalue weighted by Crippen LogP contribution is 2.24. The summed E-state index contributed by atoms with van der Waals surface area (Å²) in [7, 11) is 1.91. The minimum atomic E-state index is -0.203. The van der Waals surface area contributed by atoms with Crippen LogP contribution in [0, 0.1) is 5.82 Å². The van der Waals surface area contributed by atoms with Crippen molar-refractivity contribution in [2.75, 3.05) is 20.1 Å². The molecule has 1 aromatic rings. The first-order valence-corrected chi connectivity index (χ1v) is 8.39. The van der Waals surface area contributed by atoms with Crippen LogP contribution in [0.4, 0.5) is 4.39 Å². The topological polar surface area (TPSA) is 32.3 Å². The smallest absolute Gasteiger partial charge is 0.222 e. The van der Waals surface area contributed by atoms with Crippen LogP contribution in [0.1, 0.15) is 44.1 Å². The van der Waals surface area contributed by atoms with E-state index in [1.165, 1.54) is 18.9 Å². The zero-order valence-corrected chi connectivity index (χ0v) is 13.5. The van der Waals surface area contributed by atoms with E-state index < -0.39 is 0 Å². The van der Waals surface area contributed by atoms with Gasteiger partial charge in [-0.1, -0.05) is 25.0 Å². The van der Waals surface area contributed by atoms with Gasteiger partial charge in [-0.15, -0.1) is 0 Å². The summed E-state index contributed by atoms with van der Waals surface area (Å²) in [5.74, 6) is 0.0452. The summed E-state index contributed by atoms with van der Waals surface area (Å²) in [6.07, 6.45) is 6.85. The molecule has 0 heterocycles. The number of nitrogens with one attached hydrogen (secondary N) is 1. The summed E-state index contributed by atoms with van der Waals surface area (Å²) >= 11 is 0. The molecular weight excluding hydrogens is 279 g/mol. The maximum absolute atomic E-state index is 13.3. The number of hydrogen-bond acceptors (Lipinski definition) is 2. The van der Waals surface area contributed by atoms with E-state index in [1.54, 1.807) is 12.1 Å². The van der Waals surface area contributed by atoms with E-state index >= 15 is 0 Å². The lowest BCUT2D eigenvalue weighted by Crippen LogP contribution is -2.40. The van der Waals surface area contributed by atoms with Crippen LogP contribution in [-0.2, 0) is 11.2 Å². The molecule has 1 amide bonds. The lowest BCUT2D eigenvalue weighted by atomic mass is 10.1. The molecule has 122 valence electrons. The van der Waals surface area contributed by atoms with Crippen molar-refractivity contribution in [1.29, 1.82) is 0 Å². The summed E-state index contributed by atoms with van der Waals surface area (Å²) in [6.45, 7) is 1.57. The number of halogens is 1. The zero-order valence-electron chi connectivity index (χ0n) is 13.5. The van der Waals surface area contributed by atoms with Gasteiger partial charge in [0, 0.05) is 19.0 Å². The van der Waals surface area contributed by atoms with Crippen molar-refractivity contribution in [3.05, 3.63) is 35.6 Å². The fraction of sp³-hybridized carbons (Fsp3) is 0.611. The quantitative estimate of drug-likeness (QED) is 0.748. The molecular formula is C18H27FN2O. The van der Waals surface area contributed by atoms with E-state index in [-0.39, 0.29) is 11.7 Å². The van der Waals surface area contributed by atoms with Gasteiger partial charge in [0.2, 0.25) is 5.91 Å². The molecule has 1 N–H and O–H groups in total. The van der Waals surface area contributed by atoms with Crippen molar-refractivity contribution in [3.8, 4) is 0 Å². The summed E-state index contributed by atoms with van der Waals surface area (Å²) in [6, 6.07) is 7.08. The van der Waals surface area contributed by atoms with Crippen LogP contribution < -0.4 is 5.32 Å². The third-order valence-electron chi connectivity index (χ3n) is 4.43. The van der Waals surface area contributed by atoms with Gasteiger partial charge in [-0.3, -0.25) is 4.79 Å². The molecule has 0 saturated heterocycles. The van der Waals surface area contributed by atoms with E-state index in [0.29, 0.717) is 19.0 Å². The first kappa shape index (κ1) is 16.9. The van der Waals surface area contributed by atoms with Crippen molar-refractivity contribution in [3.63, 3.8) is 0 Å². The highest BCUT2D eigenvalue weighted by molar-refractivity contribution is 5.76. The minimum Gasteiger partial charge on any atom is -0.339 e. The number of rotatable bonds is 8. The molecule has 0 spiro atoms. The predicted molar refractivity (Wildman–Crippen MR) is 87.2 cm³/mol. The zero-order chi connectivity index (χ0) is 15.8. The molecule has 0 atom stereocenters. The van der Waals surface area contributed by atoms with Gasteiger partial charge >= 0.3 is 0 Å². The first-order chi connectivity index (χ1) is 10.7. The van der Waals surface area contributed by atoms with E-state index in [1.807, 2.05) is 18.0 Å². The largest absolute Gasteiger partial charge is 0.339 e. The average Bonchev–Trinajstić information content (AvgIpc) is 3.02. The molecule has 1 fully saturated rings. The maximum atomic E-state index is 13.3. The second-order valence-electron chi connectivity index (χ2n) is 6.11. The normalized spacial score (nSPS) is 15.2. The summed E-state index contributed by atoms with van der Waals surface area (Å²) in [4.78, 5) is 14.6. The number of benzene rings is 1. The molecule has 3 nitrogen and oxygen atoms in total. The Morgan fingerprint density at radius 2 is 2.14 bits per heavy atom. The number of hydrogen-bond donors (Lipinski definition) is 1. The maximum Gasteiger partial charge on any atom is 0.222 e. The Labute approximate surface area is 132 Å². The second-order valence-corrected chi connectivity index (χ2v) is 6.11. The van der Waals surface area contributed by atoms with Gasteiger partial charge in [0.05, 0.1) is 0 Å². The van der Waals surface area contributed by atoms with Gasteiger partial charge in [0.15, 0.2) is 0 Å². The van der Waals surface area contributed by atoms with Gasteiger partial charge in [-0.05, 0) is 57.0 Å². The molecule has 0 aliphatic heterocycles. The van der Waals surface area contributed by atoms with Crippen LogP contribution in [0.2, 0.25) is 0 Å². The Hall–Kier alpha value is -1.42. The lowest BCUT2D eigenvalue weighted by molar-refractivity contribution is -0.133. The van der Waals surface area contributed by atoms with E-state index in [4.69, 9.17) is 0 Å². The summed E-state index contributed by atoms with van der Waals surface area (Å²) < 4.78 is 13.3. The summed E-state index contributed by atoms with van der Waals surface area (Å²) in [5, 5.41) is 3.08. The predicted octanol–water partition coefficient (Wildman–Crippen LogP) is 3.14. The minimum absolute atomic E-state index is 0.203. The molecule has 0 radical (unpaired) electrons.